The lowest BCUT2D eigenvalue weighted by atomic mass is 9.99. The van der Waals surface area contributed by atoms with Gasteiger partial charge in [0.15, 0.2) is 5.00 Å². The molecule has 8 heteroatoms. The summed E-state index contributed by atoms with van der Waals surface area (Å²) in [7, 11) is 0. The van der Waals surface area contributed by atoms with E-state index in [1.807, 2.05) is 0 Å². The standard InChI is InChI=1S/C12H17N3O4S/c1-7(16)9-6-8(15(18)19)10(20-9)14-5-4-13-11(17)12(14,2)3/h6-7,16H,4-5H2,1-3H3,(H,13,17)/t7-/m1/s1. The molecule has 1 amide bonds. The van der Waals surface area contributed by atoms with Gasteiger partial charge in [-0.1, -0.05) is 0 Å². The van der Waals surface area contributed by atoms with Gasteiger partial charge in [-0.3, -0.25) is 14.9 Å². The third-order valence-electron chi connectivity index (χ3n) is 3.42. The van der Waals surface area contributed by atoms with Crippen LogP contribution in [0.4, 0.5) is 10.7 Å². The average molecular weight is 299 g/mol. The van der Waals surface area contributed by atoms with Gasteiger partial charge in [-0.2, -0.15) is 0 Å². The van der Waals surface area contributed by atoms with Crippen molar-refractivity contribution < 1.29 is 14.8 Å². The zero-order valence-corrected chi connectivity index (χ0v) is 12.4. The van der Waals surface area contributed by atoms with Crippen LogP contribution in [0.5, 0.6) is 0 Å². The lowest BCUT2D eigenvalue weighted by molar-refractivity contribution is -0.383. The van der Waals surface area contributed by atoms with Crippen molar-refractivity contribution in [1.29, 1.82) is 0 Å². The van der Waals surface area contributed by atoms with Gasteiger partial charge in [0.25, 0.3) is 0 Å². The second-order valence-corrected chi connectivity index (χ2v) is 6.30. The zero-order valence-electron chi connectivity index (χ0n) is 11.5. The number of nitrogens with zero attached hydrogens (tertiary/aromatic N) is 2. The molecule has 1 saturated heterocycles. The van der Waals surface area contributed by atoms with Crippen molar-refractivity contribution in [2.24, 2.45) is 0 Å². The van der Waals surface area contributed by atoms with Crippen LogP contribution >= 0.6 is 11.3 Å². The molecule has 1 fully saturated rings. The van der Waals surface area contributed by atoms with Gasteiger partial charge < -0.3 is 15.3 Å². The summed E-state index contributed by atoms with van der Waals surface area (Å²) in [5.74, 6) is -0.162. The molecular weight excluding hydrogens is 282 g/mol. The zero-order chi connectivity index (χ0) is 15.1. The lowest BCUT2D eigenvalue weighted by Gasteiger charge is -2.41. The highest BCUT2D eigenvalue weighted by Gasteiger charge is 2.41. The monoisotopic (exact) mass is 299 g/mol. The number of carbonyl (C=O) groups is 1. The molecule has 20 heavy (non-hydrogen) atoms. The van der Waals surface area contributed by atoms with Crippen molar-refractivity contribution in [2.75, 3.05) is 18.0 Å². The number of aliphatic hydroxyl groups excluding tert-OH is 1. The highest BCUT2D eigenvalue weighted by molar-refractivity contribution is 7.16. The Labute approximate surface area is 120 Å². The number of nitro groups is 1. The van der Waals surface area contributed by atoms with Crippen molar-refractivity contribution in [3.8, 4) is 0 Å². The third-order valence-corrected chi connectivity index (χ3v) is 4.74. The summed E-state index contributed by atoms with van der Waals surface area (Å²) in [5.41, 5.74) is -0.919. The quantitative estimate of drug-likeness (QED) is 0.650. The molecule has 1 aromatic heterocycles. The van der Waals surface area contributed by atoms with Crippen LogP contribution in [0.3, 0.4) is 0 Å². The molecule has 0 aromatic carbocycles. The van der Waals surface area contributed by atoms with E-state index in [2.05, 4.69) is 5.32 Å². The van der Waals surface area contributed by atoms with E-state index in [-0.39, 0.29) is 11.6 Å². The topological polar surface area (TPSA) is 95.7 Å². The van der Waals surface area contributed by atoms with E-state index < -0.39 is 16.6 Å². The number of amides is 1. The fourth-order valence-electron chi connectivity index (χ4n) is 2.17. The molecule has 2 rings (SSSR count). The molecule has 0 aliphatic carbocycles. The number of piperazine rings is 1. The second-order valence-electron chi connectivity index (χ2n) is 5.24. The van der Waals surface area contributed by atoms with E-state index >= 15 is 0 Å². The molecule has 7 nitrogen and oxygen atoms in total. The smallest absolute Gasteiger partial charge is 0.304 e. The van der Waals surface area contributed by atoms with Crippen molar-refractivity contribution in [3.05, 3.63) is 21.1 Å². The number of rotatable bonds is 3. The van der Waals surface area contributed by atoms with E-state index in [0.717, 1.165) is 11.3 Å². The van der Waals surface area contributed by atoms with Gasteiger partial charge in [0.2, 0.25) is 5.91 Å². The molecule has 2 N–H and O–H groups in total. The number of hydrogen-bond donors (Lipinski definition) is 2. The fourth-order valence-corrected chi connectivity index (χ4v) is 3.41. The van der Waals surface area contributed by atoms with E-state index in [9.17, 15) is 20.0 Å². The van der Waals surface area contributed by atoms with E-state index in [4.69, 9.17) is 0 Å². The van der Waals surface area contributed by atoms with Crippen molar-refractivity contribution in [2.45, 2.75) is 32.4 Å². The van der Waals surface area contributed by atoms with E-state index in [1.54, 1.807) is 25.7 Å². The molecule has 0 bridgehead atoms. The number of carbonyl (C=O) groups excluding carboxylic acids is 1. The Kier molecular flexibility index (Phi) is 3.70. The maximum atomic E-state index is 12.0. The van der Waals surface area contributed by atoms with Crippen LogP contribution in [-0.2, 0) is 4.79 Å². The minimum Gasteiger partial charge on any atom is -0.388 e. The van der Waals surface area contributed by atoms with Crippen molar-refractivity contribution in [3.63, 3.8) is 0 Å². The first-order valence-corrected chi connectivity index (χ1v) is 7.09. The van der Waals surface area contributed by atoms with Gasteiger partial charge in [0.1, 0.15) is 5.54 Å². The summed E-state index contributed by atoms with van der Waals surface area (Å²) >= 11 is 1.16. The van der Waals surface area contributed by atoms with Gasteiger partial charge in [-0.15, -0.1) is 11.3 Å². The Hall–Kier alpha value is -1.67. The Morgan fingerprint density at radius 1 is 1.60 bits per heavy atom. The van der Waals surface area contributed by atoms with Crippen molar-refractivity contribution in [1.82, 2.24) is 5.32 Å². The Morgan fingerprint density at radius 3 is 2.80 bits per heavy atom. The van der Waals surface area contributed by atoms with Crippen LogP contribution in [0, 0.1) is 10.1 Å². The molecule has 1 aliphatic rings. The molecule has 1 atom stereocenters. The third kappa shape index (κ3) is 2.36. The highest BCUT2D eigenvalue weighted by atomic mass is 32.1. The number of anilines is 1. The summed E-state index contributed by atoms with van der Waals surface area (Å²) < 4.78 is 0. The molecule has 1 aromatic rings. The molecular formula is C12H17N3O4S. The normalized spacial score (nSPS) is 19.6. The molecule has 0 unspecified atom stereocenters. The van der Waals surface area contributed by atoms with Crippen molar-refractivity contribution >= 4 is 27.9 Å². The van der Waals surface area contributed by atoms with Gasteiger partial charge in [0.05, 0.1) is 11.0 Å². The van der Waals surface area contributed by atoms with Crippen LogP contribution in [0.2, 0.25) is 0 Å². The SMILES string of the molecule is C[C@@H](O)c1cc([N+](=O)[O-])c(N2CCNC(=O)C2(C)C)s1. The molecule has 110 valence electrons. The molecule has 0 spiro atoms. The minimum atomic E-state index is -0.857. The van der Waals surface area contributed by atoms with Gasteiger partial charge >= 0.3 is 5.69 Å². The van der Waals surface area contributed by atoms with Gasteiger partial charge in [-0.25, -0.2) is 0 Å². The van der Waals surface area contributed by atoms with E-state index in [0.29, 0.717) is 23.0 Å². The number of aliphatic hydroxyl groups is 1. The Balaban J connectivity index is 2.50. The largest absolute Gasteiger partial charge is 0.388 e. The summed E-state index contributed by atoms with van der Waals surface area (Å²) in [4.78, 5) is 24.9. The lowest BCUT2D eigenvalue weighted by Crippen LogP contribution is -2.62. The first-order valence-electron chi connectivity index (χ1n) is 6.27. The Morgan fingerprint density at radius 2 is 2.25 bits per heavy atom. The van der Waals surface area contributed by atoms with Crippen LogP contribution < -0.4 is 10.2 Å². The molecule has 1 aliphatic heterocycles. The number of nitrogens with one attached hydrogen (secondary N) is 1. The minimum absolute atomic E-state index is 0.0614. The average Bonchev–Trinajstić information content (AvgIpc) is 2.77. The van der Waals surface area contributed by atoms with Gasteiger partial charge in [0, 0.05) is 24.0 Å². The maximum absolute atomic E-state index is 12.0. The fraction of sp³-hybridized carbons (Fsp3) is 0.583. The maximum Gasteiger partial charge on any atom is 0.304 e. The highest BCUT2D eigenvalue weighted by Crippen LogP contribution is 2.43. The van der Waals surface area contributed by atoms with Crippen LogP contribution in [0.1, 0.15) is 31.8 Å². The predicted molar refractivity (Wildman–Crippen MR) is 76.0 cm³/mol. The summed E-state index contributed by atoms with van der Waals surface area (Å²) in [5, 5.41) is 24.0. The van der Waals surface area contributed by atoms with Crippen LogP contribution in [0.25, 0.3) is 0 Å². The number of hydrogen-bond acceptors (Lipinski definition) is 6. The van der Waals surface area contributed by atoms with Gasteiger partial charge in [-0.05, 0) is 20.8 Å². The summed E-state index contributed by atoms with van der Waals surface area (Å²) in [6, 6.07) is 1.38. The summed E-state index contributed by atoms with van der Waals surface area (Å²) in [6.07, 6.45) is -0.769. The first-order chi connectivity index (χ1) is 9.25. The Bertz CT molecular complexity index is 553. The first kappa shape index (κ1) is 14.7. The summed E-state index contributed by atoms with van der Waals surface area (Å²) in [6.45, 7) is 5.97. The molecule has 0 radical (unpaired) electrons. The van der Waals surface area contributed by atoms with Crippen LogP contribution in [-0.4, -0.2) is 34.6 Å². The van der Waals surface area contributed by atoms with E-state index in [1.165, 1.54) is 6.07 Å². The number of thiophene rings is 1. The predicted octanol–water partition coefficient (Wildman–Crippen LogP) is 1.42. The molecule has 2 heterocycles. The second kappa shape index (κ2) is 5.02. The molecule has 0 saturated carbocycles. The van der Waals surface area contributed by atoms with Crippen LogP contribution in [0.15, 0.2) is 6.07 Å².